The second kappa shape index (κ2) is 8.00. The van der Waals surface area contributed by atoms with E-state index in [0.717, 1.165) is 0 Å². The Morgan fingerprint density at radius 2 is 1.91 bits per heavy atom. The van der Waals surface area contributed by atoms with Crippen LogP contribution in [0.3, 0.4) is 0 Å². The van der Waals surface area contributed by atoms with Crippen molar-refractivity contribution in [3.63, 3.8) is 0 Å². The van der Waals surface area contributed by atoms with Gasteiger partial charge >= 0.3 is 5.97 Å². The Morgan fingerprint density at radius 1 is 1.32 bits per heavy atom. The van der Waals surface area contributed by atoms with Crippen molar-refractivity contribution in [2.75, 3.05) is 13.7 Å². The van der Waals surface area contributed by atoms with Gasteiger partial charge in [0.2, 0.25) is 6.54 Å². The molecule has 124 valence electrons. The highest BCUT2D eigenvalue weighted by molar-refractivity contribution is 5.88. The van der Waals surface area contributed by atoms with Gasteiger partial charge in [-0.1, -0.05) is 13.8 Å². The van der Waals surface area contributed by atoms with E-state index >= 15 is 0 Å². The first kappa shape index (κ1) is 18.2. The van der Waals surface area contributed by atoms with Gasteiger partial charge in [0.1, 0.15) is 12.2 Å². The number of nitro groups is 1. The fourth-order valence-corrected chi connectivity index (χ4v) is 2.27. The molecule has 0 spiro atoms. The molecule has 0 N–H and O–H groups in total. The third kappa shape index (κ3) is 4.35. The number of hydrogen-bond acceptors (Lipinski definition) is 7. The van der Waals surface area contributed by atoms with Crippen LogP contribution in [0.4, 0.5) is 0 Å². The monoisotopic (exact) mass is 315 g/mol. The smallest absolute Gasteiger partial charge is 0.333 e. The first-order valence-corrected chi connectivity index (χ1v) is 7.13. The average molecular weight is 315 g/mol. The minimum atomic E-state index is -0.878. The number of esters is 1. The number of nitrogens with zero attached hydrogens (tertiary/aromatic N) is 1. The van der Waals surface area contributed by atoms with Crippen LogP contribution in [0.25, 0.3) is 0 Å². The Hall–Kier alpha value is -1.80. The number of ether oxygens (including phenoxy) is 3. The molecule has 2 atom stereocenters. The summed E-state index contributed by atoms with van der Waals surface area (Å²) in [6.07, 6.45) is 1.36. The van der Waals surface area contributed by atoms with Gasteiger partial charge in [0.15, 0.2) is 12.1 Å². The molecule has 8 heteroatoms. The fourth-order valence-electron chi connectivity index (χ4n) is 2.27. The van der Waals surface area contributed by atoms with Gasteiger partial charge in [0.05, 0.1) is 7.11 Å². The number of hydrogen-bond donors (Lipinski definition) is 0. The molecular weight excluding hydrogens is 294 g/mol. The van der Waals surface area contributed by atoms with Crippen molar-refractivity contribution < 1.29 is 28.7 Å². The van der Waals surface area contributed by atoms with Crippen LogP contribution in [0.2, 0.25) is 0 Å². The molecule has 8 nitrogen and oxygen atoms in total. The summed E-state index contributed by atoms with van der Waals surface area (Å²) in [4.78, 5) is 32.8. The van der Waals surface area contributed by atoms with Gasteiger partial charge in [-0.05, 0) is 18.9 Å². The Bertz CT molecular complexity index is 456. The first-order chi connectivity index (χ1) is 10.4. The molecule has 0 aromatic carbocycles. The summed E-state index contributed by atoms with van der Waals surface area (Å²) < 4.78 is 16.0. The van der Waals surface area contributed by atoms with Crippen LogP contribution < -0.4 is 0 Å². The van der Waals surface area contributed by atoms with Crippen LogP contribution in [-0.4, -0.2) is 48.8 Å². The van der Waals surface area contributed by atoms with Gasteiger partial charge in [-0.2, -0.15) is 0 Å². The minimum Gasteiger partial charge on any atom is -0.466 e. The van der Waals surface area contributed by atoms with Crippen LogP contribution in [0, 0.1) is 10.1 Å². The lowest BCUT2D eigenvalue weighted by molar-refractivity contribution is -0.479. The molecule has 0 aromatic rings. The Labute approximate surface area is 128 Å². The lowest BCUT2D eigenvalue weighted by atomic mass is 10.1. The number of carbonyl (C=O) groups excluding carboxylic acids is 2. The number of aldehydes is 1. The second-order valence-corrected chi connectivity index (χ2v) is 4.91. The van der Waals surface area contributed by atoms with Crippen molar-refractivity contribution in [2.24, 2.45) is 0 Å². The predicted molar refractivity (Wildman–Crippen MR) is 75.7 cm³/mol. The molecular formula is C14H21NO7. The van der Waals surface area contributed by atoms with Crippen molar-refractivity contribution in [1.82, 2.24) is 0 Å². The van der Waals surface area contributed by atoms with E-state index in [4.69, 9.17) is 9.47 Å². The maximum atomic E-state index is 11.7. The van der Waals surface area contributed by atoms with Gasteiger partial charge < -0.3 is 19.0 Å². The molecule has 1 heterocycles. The number of rotatable bonds is 8. The van der Waals surface area contributed by atoms with Gasteiger partial charge in [-0.25, -0.2) is 4.79 Å². The van der Waals surface area contributed by atoms with Crippen LogP contribution in [-0.2, 0) is 23.8 Å². The normalized spacial score (nSPS) is 24.0. The largest absolute Gasteiger partial charge is 0.466 e. The highest BCUT2D eigenvalue weighted by Crippen LogP contribution is 2.34. The summed E-state index contributed by atoms with van der Waals surface area (Å²) in [5.41, 5.74) is 0.0997. The van der Waals surface area contributed by atoms with Crippen LogP contribution in [0.15, 0.2) is 11.6 Å². The average Bonchev–Trinajstić information content (AvgIpc) is 2.89. The third-order valence-electron chi connectivity index (χ3n) is 3.61. The molecule has 0 bridgehead atoms. The topological polar surface area (TPSA) is 105 Å². The highest BCUT2D eigenvalue weighted by atomic mass is 16.8. The summed E-state index contributed by atoms with van der Waals surface area (Å²) in [7, 11) is 1.19. The van der Waals surface area contributed by atoms with E-state index < -0.39 is 35.4 Å². The zero-order valence-electron chi connectivity index (χ0n) is 12.9. The summed E-state index contributed by atoms with van der Waals surface area (Å²) in [6.45, 7) is 3.32. The zero-order valence-corrected chi connectivity index (χ0v) is 12.9. The summed E-state index contributed by atoms with van der Waals surface area (Å²) in [5.74, 6) is -1.56. The maximum absolute atomic E-state index is 11.7. The number of carbonyl (C=O) groups is 2. The van der Waals surface area contributed by atoms with E-state index in [1.807, 2.05) is 13.8 Å². The molecule has 1 aliphatic rings. The lowest BCUT2D eigenvalue weighted by Crippen LogP contribution is -2.29. The van der Waals surface area contributed by atoms with E-state index in [1.165, 1.54) is 13.2 Å². The molecule has 1 saturated heterocycles. The van der Waals surface area contributed by atoms with Gasteiger partial charge in [0, 0.05) is 16.9 Å². The third-order valence-corrected chi connectivity index (χ3v) is 3.61. The Morgan fingerprint density at radius 3 is 2.36 bits per heavy atom. The molecule has 0 amide bonds. The van der Waals surface area contributed by atoms with E-state index in [2.05, 4.69) is 4.74 Å². The van der Waals surface area contributed by atoms with Crippen LogP contribution in [0.1, 0.15) is 33.1 Å². The second-order valence-electron chi connectivity index (χ2n) is 4.91. The van der Waals surface area contributed by atoms with Crippen LogP contribution >= 0.6 is 0 Å². The van der Waals surface area contributed by atoms with Gasteiger partial charge in [0.25, 0.3) is 0 Å². The Kier molecular flexibility index (Phi) is 6.63. The Balaban J connectivity index is 2.99. The highest BCUT2D eigenvalue weighted by Gasteiger charge is 2.44. The zero-order chi connectivity index (χ0) is 16.8. The van der Waals surface area contributed by atoms with E-state index in [1.54, 1.807) is 0 Å². The van der Waals surface area contributed by atoms with Gasteiger partial charge in [-0.15, -0.1) is 0 Å². The molecule has 2 unspecified atom stereocenters. The van der Waals surface area contributed by atoms with Crippen molar-refractivity contribution in [2.45, 2.75) is 51.1 Å². The van der Waals surface area contributed by atoms with Crippen molar-refractivity contribution in [3.05, 3.63) is 21.8 Å². The summed E-state index contributed by atoms with van der Waals surface area (Å²) >= 11 is 0. The molecule has 1 aliphatic heterocycles. The predicted octanol–water partition coefficient (Wildman–Crippen LogP) is 1.25. The maximum Gasteiger partial charge on any atom is 0.333 e. The van der Waals surface area contributed by atoms with E-state index in [9.17, 15) is 19.7 Å². The summed E-state index contributed by atoms with van der Waals surface area (Å²) in [5, 5.41) is 10.5. The van der Waals surface area contributed by atoms with E-state index in [-0.39, 0.29) is 12.0 Å². The first-order valence-electron chi connectivity index (χ1n) is 7.13. The summed E-state index contributed by atoms with van der Waals surface area (Å²) in [6, 6.07) is 0. The van der Waals surface area contributed by atoms with Crippen molar-refractivity contribution in [3.8, 4) is 0 Å². The molecule has 0 radical (unpaired) electrons. The molecule has 0 aliphatic carbocycles. The molecule has 22 heavy (non-hydrogen) atoms. The number of methoxy groups -OCH3 is 1. The quantitative estimate of drug-likeness (QED) is 0.218. The molecule has 1 rings (SSSR count). The standard InChI is InChI=1S/C14H21NO7/c1-4-14(5-2)21-11(12(9-16)22-14)8-10(13(17)20-3)6-7-15(18)19/h8-9,11-12H,4-7H2,1-3H3. The SMILES string of the molecule is CCC1(CC)OC(C=O)C(C=C(CC[N+](=O)[O-])C(=O)OC)O1. The van der Waals surface area contributed by atoms with Gasteiger partial charge in [-0.3, -0.25) is 10.1 Å². The minimum absolute atomic E-state index is 0.0997. The van der Waals surface area contributed by atoms with Crippen LogP contribution in [0.5, 0.6) is 0 Å². The molecule has 0 aromatic heterocycles. The lowest BCUT2D eigenvalue weighted by Gasteiger charge is -2.24. The molecule has 0 saturated carbocycles. The molecule has 1 fully saturated rings. The van der Waals surface area contributed by atoms with Crippen molar-refractivity contribution >= 4 is 12.3 Å². The van der Waals surface area contributed by atoms with E-state index in [0.29, 0.717) is 19.1 Å². The fraction of sp³-hybridized carbons (Fsp3) is 0.714. The van der Waals surface area contributed by atoms with Crippen molar-refractivity contribution in [1.29, 1.82) is 0 Å².